The zero-order valence-electron chi connectivity index (χ0n) is 9.31. The molecular weight excluding hydrogens is 203 g/mol. The molecular formula is C13H13FN2. The Balaban J connectivity index is 2.31. The van der Waals surface area contributed by atoms with E-state index in [9.17, 15) is 4.39 Å². The summed E-state index contributed by atoms with van der Waals surface area (Å²) in [4.78, 5) is 8.53. The average molecular weight is 216 g/mol. The van der Waals surface area contributed by atoms with E-state index in [0.717, 1.165) is 11.1 Å². The van der Waals surface area contributed by atoms with Gasteiger partial charge in [-0.3, -0.25) is 0 Å². The van der Waals surface area contributed by atoms with Crippen LogP contribution in [0.1, 0.15) is 25.3 Å². The Labute approximate surface area is 94.2 Å². The lowest BCUT2D eigenvalue weighted by molar-refractivity contribution is 0.628. The second-order valence-electron chi connectivity index (χ2n) is 4.00. The van der Waals surface area contributed by atoms with Gasteiger partial charge in [0, 0.05) is 18.0 Å². The molecule has 0 saturated carbocycles. The van der Waals surface area contributed by atoms with Crippen LogP contribution in [0.25, 0.3) is 11.4 Å². The van der Waals surface area contributed by atoms with Gasteiger partial charge in [0.1, 0.15) is 5.82 Å². The van der Waals surface area contributed by atoms with E-state index < -0.39 is 0 Å². The Hall–Kier alpha value is -1.77. The van der Waals surface area contributed by atoms with Gasteiger partial charge in [-0.25, -0.2) is 14.4 Å². The standard InChI is InChI=1S/C13H13FN2/c1-9(2)11-7-15-13(16-8-11)10-3-5-12(14)6-4-10/h3-9H,1-2H3. The van der Waals surface area contributed by atoms with Crippen LogP contribution in [-0.4, -0.2) is 9.97 Å². The van der Waals surface area contributed by atoms with Crippen LogP contribution in [0.3, 0.4) is 0 Å². The fourth-order valence-electron chi connectivity index (χ4n) is 1.38. The van der Waals surface area contributed by atoms with Crippen molar-refractivity contribution in [1.29, 1.82) is 0 Å². The molecule has 3 heteroatoms. The summed E-state index contributed by atoms with van der Waals surface area (Å²) in [5, 5.41) is 0. The maximum Gasteiger partial charge on any atom is 0.159 e. The first-order valence-corrected chi connectivity index (χ1v) is 5.24. The molecule has 0 saturated heterocycles. The summed E-state index contributed by atoms with van der Waals surface area (Å²) < 4.78 is 12.7. The molecule has 1 aromatic carbocycles. The Morgan fingerprint density at radius 1 is 1.00 bits per heavy atom. The van der Waals surface area contributed by atoms with E-state index in [2.05, 4.69) is 23.8 Å². The first-order valence-electron chi connectivity index (χ1n) is 5.24. The van der Waals surface area contributed by atoms with E-state index in [1.807, 2.05) is 12.4 Å². The van der Waals surface area contributed by atoms with E-state index >= 15 is 0 Å². The third kappa shape index (κ3) is 2.24. The van der Waals surface area contributed by atoms with Gasteiger partial charge in [0.15, 0.2) is 5.82 Å². The van der Waals surface area contributed by atoms with Gasteiger partial charge in [-0.1, -0.05) is 13.8 Å². The van der Waals surface area contributed by atoms with Crippen LogP contribution in [0.15, 0.2) is 36.7 Å². The second kappa shape index (κ2) is 4.39. The zero-order chi connectivity index (χ0) is 11.5. The molecule has 0 atom stereocenters. The lowest BCUT2D eigenvalue weighted by atomic mass is 10.1. The van der Waals surface area contributed by atoms with E-state index in [-0.39, 0.29) is 5.82 Å². The lowest BCUT2D eigenvalue weighted by Gasteiger charge is -2.05. The molecule has 0 N–H and O–H groups in total. The van der Waals surface area contributed by atoms with Gasteiger partial charge in [-0.05, 0) is 35.7 Å². The van der Waals surface area contributed by atoms with Crippen molar-refractivity contribution in [2.24, 2.45) is 0 Å². The fraction of sp³-hybridized carbons (Fsp3) is 0.231. The smallest absolute Gasteiger partial charge is 0.159 e. The monoisotopic (exact) mass is 216 g/mol. The molecule has 1 aromatic heterocycles. The summed E-state index contributed by atoms with van der Waals surface area (Å²) in [6.07, 6.45) is 3.63. The summed E-state index contributed by atoms with van der Waals surface area (Å²) in [6, 6.07) is 6.18. The summed E-state index contributed by atoms with van der Waals surface area (Å²) >= 11 is 0. The van der Waals surface area contributed by atoms with Gasteiger partial charge in [0.2, 0.25) is 0 Å². The van der Waals surface area contributed by atoms with Gasteiger partial charge in [0.05, 0.1) is 0 Å². The van der Waals surface area contributed by atoms with E-state index in [1.54, 1.807) is 12.1 Å². The van der Waals surface area contributed by atoms with Crippen molar-refractivity contribution in [3.05, 3.63) is 48.0 Å². The maximum absolute atomic E-state index is 12.7. The van der Waals surface area contributed by atoms with E-state index in [1.165, 1.54) is 12.1 Å². The van der Waals surface area contributed by atoms with Crippen molar-refractivity contribution in [3.63, 3.8) is 0 Å². The van der Waals surface area contributed by atoms with Crippen LogP contribution < -0.4 is 0 Å². The molecule has 2 aromatic rings. The quantitative estimate of drug-likeness (QED) is 0.768. The van der Waals surface area contributed by atoms with Gasteiger partial charge in [0.25, 0.3) is 0 Å². The van der Waals surface area contributed by atoms with Gasteiger partial charge in [-0.2, -0.15) is 0 Å². The molecule has 2 rings (SSSR count). The molecule has 0 radical (unpaired) electrons. The summed E-state index contributed by atoms with van der Waals surface area (Å²) in [7, 11) is 0. The highest BCUT2D eigenvalue weighted by Crippen LogP contribution is 2.17. The first kappa shape index (κ1) is 10.7. The van der Waals surface area contributed by atoms with E-state index in [0.29, 0.717) is 11.7 Å². The number of benzene rings is 1. The van der Waals surface area contributed by atoms with Crippen molar-refractivity contribution >= 4 is 0 Å². The number of hydrogen-bond acceptors (Lipinski definition) is 2. The topological polar surface area (TPSA) is 25.8 Å². The first-order chi connectivity index (χ1) is 7.66. The maximum atomic E-state index is 12.7. The molecule has 0 unspecified atom stereocenters. The number of hydrogen-bond donors (Lipinski definition) is 0. The highest BCUT2D eigenvalue weighted by Gasteiger charge is 2.03. The number of aromatic nitrogens is 2. The summed E-state index contributed by atoms with van der Waals surface area (Å²) in [5.41, 5.74) is 1.93. The molecule has 0 aliphatic rings. The van der Waals surface area contributed by atoms with Crippen molar-refractivity contribution in [3.8, 4) is 11.4 Å². The summed E-state index contributed by atoms with van der Waals surface area (Å²) in [5.74, 6) is 0.800. The van der Waals surface area contributed by atoms with E-state index in [4.69, 9.17) is 0 Å². The Kier molecular flexibility index (Phi) is 2.95. The Morgan fingerprint density at radius 3 is 2.06 bits per heavy atom. The van der Waals surface area contributed by atoms with Gasteiger partial charge in [-0.15, -0.1) is 0 Å². The van der Waals surface area contributed by atoms with Crippen LogP contribution in [0, 0.1) is 5.82 Å². The zero-order valence-corrected chi connectivity index (χ0v) is 9.31. The van der Waals surface area contributed by atoms with Crippen molar-refractivity contribution in [1.82, 2.24) is 9.97 Å². The molecule has 0 aliphatic carbocycles. The lowest BCUT2D eigenvalue weighted by Crippen LogP contribution is -1.94. The number of rotatable bonds is 2. The van der Waals surface area contributed by atoms with Crippen molar-refractivity contribution in [2.75, 3.05) is 0 Å². The minimum atomic E-state index is -0.248. The van der Waals surface area contributed by atoms with Gasteiger partial charge < -0.3 is 0 Å². The van der Waals surface area contributed by atoms with Gasteiger partial charge >= 0.3 is 0 Å². The molecule has 0 spiro atoms. The predicted molar refractivity (Wildman–Crippen MR) is 61.5 cm³/mol. The fourth-order valence-corrected chi connectivity index (χ4v) is 1.38. The number of nitrogens with zero attached hydrogens (tertiary/aromatic N) is 2. The molecule has 1 heterocycles. The molecule has 0 bridgehead atoms. The summed E-state index contributed by atoms with van der Waals surface area (Å²) in [6.45, 7) is 4.19. The number of halogens is 1. The molecule has 0 amide bonds. The molecule has 82 valence electrons. The minimum absolute atomic E-state index is 0.248. The normalized spacial score (nSPS) is 10.8. The van der Waals surface area contributed by atoms with Crippen molar-refractivity contribution in [2.45, 2.75) is 19.8 Å². The molecule has 0 fully saturated rings. The average Bonchev–Trinajstić information content (AvgIpc) is 2.30. The third-order valence-corrected chi connectivity index (χ3v) is 2.44. The highest BCUT2D eigenvalue weighted by atomic mass is 19.1. The Bertz CT molecular complexity index is 460. The van der Waals surface area contributed by atoms with Crippen LogP contribution in [0.4, 0.5) is 4.39 Å². The molecule has 0 aliphatic heterocycles. The van der Waals surface area contributed by atoms with Crippen LogP contribution >= 0.6 is 0 Å². The van der Waals surface area contributed by atoms with Crippen LogP contribution in [0.2, 0.25) is 0 Å². The minimum Gasteiger partial charge on any atom is -0.236 e. The predicted octanol–water partition coefficient (Wildman–Crippen LogP) is 3.41. The second-order valence-corrected chi connectivity index (χ2v) is 4.00. The molecule has 16 heavy (non-hydrogen) atoms. The van der Waals surface area contributed by atoms with Crippen LogP contribution in [-0.2, 0) is 0 Å². The Morgan fingerprint density at radius 2 is 1.56 bits per heavy atom. The SMILES string of the molecule is CC(C)c1cnc(-c2ccc(F)cc2)nc1. The molecule has 2 nitrogen and oxygen atoms in total. The largest absolute Gasteiger partial charge is 0.236 e. The van der Waals surface area contributed by atoms with Crippen molar-refractivity contribution < 1.29 is 4.39 Å². The van der Waals surface area contributed by atoms with Crippen LogP contribution in [0.5, 0.6) is 0 Å². The highest BCUT2D eigenvalue weighted by molar-refractivity contribution is 5.54. The third-order valence-electron chi connectivity index (χ3n) is 2.44.